The fourth-order valence-electron chi connectivity index (χ4n) is 0.562. The van der Waals surface area contributed by atoms with Crippen molar-refractivity contribution in [2.75, 3.05) is 6.54 Å². The maximum absolute atomic E-state index is 10.4. The van der Waals surface area contributed by atoms with Crippen molar-refractivity contribution in [3.63, 3.8) is 0 Å². The van der Waals surface area contributed by atoms with Crippen molar-refractivity contribution in [1.82, 2.24) is 0 Å². The van der Waals surface area contributed by atoms with Gasteiger partial charge in [-0.05, 0) is 18.9 Å². The average Bonchev–Trinajstić information content (AvgIpc) is 2.04. The van der Waals surface area contributed by atoms with E-state index in [4.69, 9.17) is 5.73 Å². The van der Waals surface area contributed by atoms with Crippen LogP contribution in [0.1, 0.15) is 26.2 Å². The molecule has 11 heavy (non-hydrogen) atoms. The lowest BCUT2D eigenvalue weighted by Gasteiger charge is -1.93. The Bertz CT molecular complexity index is 132. The van der Waals surface area contributed by atoms with E-state index in [1.807, 2.05) is 6.08 Å². The Hall–Kier alpha value is -0.830. The zero-order chi connectivity index (χ0) is 8.53. The molecule has 3 nitrogen and oxygen atoms in total. The third-order valence-electron chi connectivity index (χ3n) is 1.19. The highest BCUT2D eigenvalue weighted by molar-refractivity contribution is 5.71. The SMILES string of the molecule is CCCCC=COC(=O)CN. The zero-order valence-corrected chi connectivity index (χ0v) is 6.88. The summed E-state index contributed by atoms with van der Waals surface area (Å²) >= 11 is 0. The average molecular weight is 157 g/mol. The lowest BCUT2D eigenvalue weighted by atomic mass is 10.2. The Morgan fingerprint density at radius 3 is 2.91 bits per heavy atom. The van der Waals surface area contributed by atoms with E-state index in [2.05, 4.69) is 11.7 Å². The fraction of sp³-hybridized carbons (Fsp3) is 0.625. The molecule has 0 rings (SSSR count). The number of allylic oxidation sites excluding steroid dienone is 1. The summed E-state index contributed by atoms with van der Waals surface area (Å²) in [6.07, 6.45) is 6.46. The molecule has 3 heteroatoms. The molecule has 0 amide bonds. The molecule has 0 aliphatic carbocycles. The van der Waals surface area contributed by atoms with Gasteiger partial charge < -0.3 is 10.5 Å². The molecule has 0 heterocycles. The van der Waals surface area contributed by atoms with Crippen LogP contribution in [0.3, 0.4) is 0 Å². The standard InChI is InChI=1S/C8H15NO2/c1-2-3-4-5-6-11-8(10)7-9/h5-6H,2-4,7,9H2,1H3. The minimum Gasteiger partial charge on any atom is -0.434 e. The van der Waals surface area contributed by atoms with E-state index < -0.39 is 5.97 Å². The molecule has 0 spiro atoms. The number of rotatable bonds is 5. The monoisotopic (exact) mass is 157 g/mol. The van der Waals surface area contributed by atoms with Crippen LogP contribution in [-0.2, 0) is 9.53 Å². The second kappa shape index (κ2) is 7.28. The number of hydrogen-bond acceptors (Lipinski definition) is 3. The van der Waals surface area contributed by atoms with Gasteiger partial charge in [-0.15, -0.1) is 0 Å². The summed E-state index contributed by atoms with van der Waals surface area (Å²) in [6.45, 7) is 2.05. The molecule has 0 radical (unpaired) electrons. The molecule has 0 fully saturated rings. The van der Waals surface area contributed by atoms with Crippen molar-refractivity contribution >= 4 is 5.97 Å². The van der Waals surface area contributed by atoms with Gasteiger partial charge in [-0.3, -0.25) is 4.79 Å². The lowest BCUT2D eigenvalue weighted by molar-refractivity contribution is -0.136. The molecule has 0 saturated heterocycles. The molecule has 0 atom stereocenters. The second-order valence-corrected chi connectivity index (χ2v) is 2.21. The van der Waals surface area contributed by atoms with Crippen LogP contribution >= 0.6 is 0 Å². The Balaban J connectivity index is 3.22. The van der Waals surface area contributed by atoms with Gasteiger partial charge in [0.2, 0.25) is 0 Å². The van der Waals surface area contributed by atoms with Gasteiger partial charge in [0.15, 0.2) is 0 Å². The molecule has 0 unspecified atom stereocenters. The van der Waals surface area contributed by atoms with Crippen LogP contribution in [-0.4, -0.2) is 12.5 Å². The van der Waals surface area contributed by atoms with E-state index in [9.17, 15) is 4.79 Å². The number of nitrogens with two attached hydrogens (primary N) is 1. The van der Waals surface area contributed by atoms with Crippen molar-refractivity contribution in [2.24, 2.45) is 5.73 Å². The van der Waals surface area contributed by atoms with E-state index in [0.717, 1.165) is 19.3 Å². The third-order valence-corrected chi connectivity index (χ3v) is 1.19. The van der Waals surface area contributed by atoms with Crippen molar-refractivity contribution in [1.29, 1.82) is 0 Å². The molecule has 0 aromatic heterocycles. The highest BCUT2D eigenvalue weighted by Gasteiger charge is 1.91. The van der Waals surface area contributed by atoms with Crippen molar-refractivity contribution < 1.29 is 9.53 Å². The van der Waals surface area contributed by atoms with Gasteiger partial charge >= 0.3 is 5.97 Å². The van der Waals surface area contributed by atoms with Gasteiger partial charge in [0, 0.05) is 0 Å². The predicted octanol–water partition coefficient (Wildman–Crippen LogP) is 1.19. The number of ether oxygens (including phenoxy) is 1. The fourth-order valence-corrected chi connectivity index (χ4v) is 0.562. The van der Waals surface area contributed by atoms with Crippen LogP contribution in [0.2, 0.25) is 0 Å². The Labute approximate surface area is 67.2 Å². The minimum absolute atomic E-state index is 0.0574. The van der Waals surface area contributed by atoms with Crippen LogP contribution < -0.4 is 5.73 Å². The molecule has 2 N–H and O–H groups in total. The second-order valence-electron chi connectivity index (χ2n) is 2.21. The number of unbranched alkanes of at least 4 members (excludes halogenated alkanes) is 2. The summed E-state index contributed by atoms with van der Waals surface area (Å²) < 4.78 is 4.59. The number of carbonyl (C=O) groups excluding carboxylic acids is 1. The van der Waals surface area contributed by atoms with Gasteiger partial charge in [-0.1, -0.05) is 13.3 Å². The Morgan fingerprint density at radius 2 is 2.36 bits per heavy atom. The van der Waals surface area contributed by atoms with E-state index in [1.54, 1.807) is 0 Å². The largest absolute Gasteiger partial charge is 0.434 e. The first-order valence-corrected chi connectivity index (χ1v) is 3.85. The molecular formula is C8H15NO2. The molecule has 0 aliphatic rings. The summed E-state index contributed by atoms with van der Waals surface area (Å²) in [5.41, 5.74) is 5.00. The molecule has 0 aliphatic heterocycles. The van der Waals surface area contributed by atoms with Crippen molar-refractivity contribution in [3.05, 3.63) is 12.3 Å². The van der Waals surface area contributed by atoms with Gasteiger partial charge in [-0.25, -0.2) is 0 Å². The maximum atomic E-state index is 10.4. The first-order chi connectivity index (χ1) is 5.31. The summed E-state index contributed by atoms with van der Waals surface area (Å²) in [5.74, 6) is -0.391. The highest BCUT2D eigenvalue weighted by Crippen LogP contribution is 1.94. The number of hydrogen-bond donors (Lipinski definition) is 1. The summed E-state index contributed by atoms with van der Waals surface area (Å²) in [5, 5.41) is 0. The van der Waals surface area contributed by atoms with Gasteiger partial charge in [0.25, 0.3) is 0 Å². The number of esters is 1. The smallest absolute Gasteiger partial charge is 0.324 e. The molecule has 0 aromatic rings. The van der Waals surface area contributed by atoms with Crippen LogP contribution in [0.25, 0.3) is 0 Å². The van der Waals surface area contributed by atoms with E-state index >= 15 is 0 Å². The van der Waals surface area contributed by atoms with Gasteiger partial charge in [-0.2, -0.15) is 0 Å². The van der Waals surface area contributed by atoms with Gasteiger partial charge in [0.1, 0.15) is 0 Å². The van der Waals surface area contributed by atoms with Crippen LogP contribution in [0.4, 0.5) is 0 Å². The molecule has 0 bridgehead atoms. The first kappa shape index (κ1) is 10.2. The third kappa shape index (κ3) is 7.06. The number of carbonyl (C=O) groups is 1. The van der Waals surface area contributed by atoms with Gasteiger partial charge in [0.05, 0.1) is 12.8 Å². The topological polar surface area (TPSA) is 52.3 Å². The lowest BCUT2D eigenvalue weighted by Crippen LogP contribution is -2.13. The Morgan fingerprint density at radius 1 is 1.64 bits per heavy atom. The van der Waals surface area contributed by atoms with Crippen LogP contribution in [0.15, 0.2) is 12.3 Å². The summed E-state index contributed by atoms with van der Waals surface area (Å²) in [4.78, 5) is 10.4. The van der Waals surface area contributed by atoms with Crippen molar-refractivity contribution in [3.8, 4) is 0 Å². The zero-order valence-electron chi connectivity index (χ0n) is 6.88. The molecular weight excluding hydrogens is 142 g/mol. The predicted molar refractivity (Wildman–Crippen MR) is 43.8 cm³/mol. The first-order valence-electron chi connectivity index (χ1n) is 3.85. The molecule has 0 saturated carbocycles. The van der Waals surface area contributed by atoms with E-state index in [-0.39, 0.29) is 6.54 Å². The normalized spacial score (nSPS) is 10.4. The van der Waals surface area contributed by atoms with Crippen molar-refractivity contribution in [2.45, 2.75) is 26.2 Å². The summed E-state index contributed by atoms with van der Waals surface area (Å²) in [6, 6.07) is 0. The maximum Gasteiger partial charge on any atom is 0.324 e. The van der Waals surface area contributed by atoms with Crippen LogP contribution in [0, 0.1) is 0 Å². The minimum atomic E-state index is -0.391. The molecule has 0 aromatic carbocycles. The quantitative estimate of drug-likeness (QED) is 0.370. The van der Waals surface area contributed by atoms with E-state index in [0.29, 0.717) is 0 Å². The highest BCUT2D eigenvalue weighted by atomic mass is 16.5. The van der Waals surface area contributed by atoms with Crippen LogP contribution in [0.5, 0.6) is 0 Å². The van der Waals surface area contributed by atoms with E-state index in [1.165, 1.54) is 6.26 Å². The summed E-state index contributed by atoms with van der Waals surface area (Å²) in [7, 11) is 0. The molecule has 64 valence electrons. The Kier molecular flexibility index (Phi) is 6.73.